The molecule has 0 aliphatic carbocycles. The summed E-state index contributed by atoms with van der Waals surface area (Å²) < 4.78 is 8.11. The Morgan fingerprint density at radius 1 is 0.692 bits per heavy atom. The molecule has 2 heterocycles. The van der Waals surface area contributed by atoms with E-state index in [1.165, 1.54) is 11.3 Å². The third kappa shape index (κ3) is 2.29. The molecular formula is C23H14O2S. The highest BCUT2D eigenvalue weighted by atomic mass is 32.1. The quantitative estimate of drug-likeness (QED) is 0.370. The Balaban J connectivity index is 1.97. The number of rotatable bonds is 2. The van der Waals surface area contributed by atoms with Gasteiger partial charge in [-0.15, -0.1) is 11.3 Å². The van der Waals surface area contributed by atoms with Gasteiger partial charge in [-0.05, 0) is 17.7 Å². The van der Waals surface area contributed by atoms with Gasteiger partial charge in [0, 0.05) is 15.6 Å². The van der Waals surface area contributed by atoms with Crippen molar-refractivity contribution in [3.8, 4) is 22.5 Å². The van der Waals surface area contributed by atoms with E-state index in [1.54, 1.807) is 0 Å². The van der Waals surface area contributed by atoms with Crippen molar-refractivity contribution in [3.05, 3.63) is 95.2 Å². The SMILES string of the molecule is O=c1c(-c2ccccc2)c(-c2ccccc2)oc2c1sc1ccccc12. The van der Waals surface area contributed by atoms with Crippen molar-refractivity contribution in [2.45, 2.75) is 0 Å². The van der Waals surface area contributed by atoms with Crippen molar-refractivity contribution in [3.63, 3.8) is 0 Å². The van der Waals surface area contributed by atoms with Crippen molar-refractivity contribution >= 4 is 31.7 Å². The maximum atomic E-state index is 13.4. The van der Waals surface area contributed by atoms with Gasteiger partial charge in [0.15, 0.2) is 5.58 Å². The Hall–Kier alpha value is -3.17. The fraction of sp³-hybridized carbons (Fsp3) is 0. The highest BCUT2D eigenvalue weighted by Gasteiger charge is 2.20. The molecule has 3 heteroatoms. The summed E-state index contributed by atoms with van der Waals surface area (Å²) in [7, 11) is 0. The Labute approximate surface area is 154 Å². The number of benzene rings is 3. The topological polar surface area (TPSA) is 30.2 Å². The van der Waals surface area contributed by atoms with Crippen LogP contribution in [0.5, 0.6) is 0 Å². The Morgan fingerprint density at radius 2 is 1.31 bits per heavy atom. The van der Waals surface area contributed by atoms with E-state index in [-0.39, 0.29) is 5.43 Å². The minimum atomic E-state index is 0.0255. The van der Waals surface area contributed by atoms with Gasteiger partial charge in [-0.2, -0.15) is 0 Å². The molecule has 0 amide bonds. The second-order valence-corrected chi connectivity index (χ2v) is 7.18. The molecule has 0 bridgehead atoms. The first-order chi connectivity index (χ1) is 12.8. The number of thiophene rings is 1. The summed E-state index contributed by atoms with van der Waals surface area (Å²) in [4.78, 5) is 13.4. The molecule has 3 aromatic carbocycles. The van der Waals surface area contributed by atoms with Crippen LogP contribution >= 0.6 is 11.3 Å². The van der Waals surface area contributed by atoms with Gasteiger partial charge in [0.1, 0.15) is 10.5 Å². The summed E-state index contributed by atoms with van der Waals surface area (Å²) in [6.45, 7) is 0. The molecule has 0 radical (unpaired) electrons. The Morgan fingerprint density at radius 3 is 2.04 bits per heavy atom. The van der Waals surface area contributed by atoms with Crippen LogP contribution in [0.3, 0.4) is 0 Å². The fourth-order valence-electron chi connectivity index (χ4n) is 3.30. The second-order valence-electron chi connectivity index (χ2n) is 6.12. The normalized spacial score (nSPS) is 11.2. The van der Waals surface area contributed by atoms with Crippen molar-refractivity contribution in [2.75, 3.05) is 0 Å². The molecule has 0 saturated carbocycles. The van der Waals surface area contributed by atoms with Crippen LogP contribution in [-0.4, -0.2) is 0 Å². The zero-order valence-corrected chi connectivity index (χ0v) is 14.6. The molecular weight excluding hydrogens is 340 g/mol. The van der Waals surface area contributed by atoms with Crippen LogP contribution in [-0.2, 0) is 0 Å². The molecule has 0 aliphatic heterocycles. The molecule has 0 aliphatic rings. The van der Waals surface area contributed by atoms with E-state index in [0.717, 1.165) is 21.2 Å². The summed E-state index contributed by atoms with van der Waals surface area (Å²) in [5.41, 5.74) is 3.10. The molecule has 0 saturated heterocycles. The van der Waals surface area contributed by atoms with E-state index in [0.29, 0.717) is 21.6 Å². The molecule has 5 aromatic rings. The van der Waals surface area contributed by atoms with Gasteiger partial charge in [-0.25, -0.2) is 0 Å². The number of fused-ring (bicyclic) bond motifs is 3. The summed E-state index contributed by atoms with van der Waals surface area (Å²) >= 11 is 1.49. The third-order valence-electron chi connectivity index (χ3n) is 4.51. The molecule has 5 rings (SSSR count). The molecule has 0 spiro atoms. The average molecular weight is 354 g/mol. The molecule has 0 N–H and O–H groups in total. The van der Waals surface area contributed by atoms with Crippen LogP contribution in [0.4, 0.5) is 0 Å². The van der Waals surface area contributed by atoms with E-state index >= 15 is 0 Å². The lowest BCUT2D eigenvalue weighted by atomic mass is 10.00. The van der Waals surface area contributed by atoms with Crippen molar-refractivity contribution < 1.29 is 4.42 Å². The fourth-order valence-corrected chi connectivity index (χ4v) is 4.38. The predicted octanol–water partition coefficient (Wildman–Crippen LogP) is 6.34. The second kappa shape index (κ2) is 5.97. The summed E-state index contributed by atoms with van der Waals surface area (Å²) in [5, 5.41) is 0.987. The van der Waals surface area contributed by atoms with E-state index < -0.39 is 0 Å². The predicted molar refractivity (Wildman–Crippen MR) is 109 cm³/mol. The molecule has 2 aromatic heterocycles. The van der Waals surface area contributed by atoms with Crippen LogP contribution < -0.4 is 5.43 Å². The van der Waals surface area contributed by atoms with E-state index in [9.17, 15) is 4.79 Å². The molecule has 26 heavy (non-hydrogen) atoms. The smallest absolute Gasteiger partial charge is 0.211 e. The van der Waals surface area contributed by atoms with Crippen LogP contribution in [0.25, 0.3) is 42.8 Å². The number of hydrogen-bond donors (Lipinski definition) is 0. The maximum Gasteiger partial charge on any atom is 0.211 e. The lowest BCUT2D eigenvalue weighted by Gasteiger charge is -2.09. The summed E-state index contributed by atoms with van der Waals surface area (Å²) in [5.74, 6) is 0.623. The van der Waals surface area contributed by atoms with Gasteiger partial charge in [-0.3, -0.25) is 4.79 Å². The first kappa shape index (κ1) is 15.1. The maximum absolute atomic E-state index is 13.4. The monoisotopic (exact) mass is 354 g/mol. The van der Waals surface area contributed by atoms with Gasteiger partial charge in [-0.1, -0.05) is 72.8 Å². The van der Waals surface area contributed by atoms with Crippen LogP contribution in [0.1, 0.15) is 0 Å². The molecule has 124 valence electrons. The number of hydrogen-bond acceptors (Lipinski definition) is 3. The third-order valence-corrected chi connectivity index (χ3v) is 5.66. The minimum absolute atomic E-state index is 0.0255. The molecule has 0 fully saturated rings. The summed E-state index contributed by atoms with van der Waals surface area (Å²) in [6.07, 6.45) is 0. The van der Waals surface area contributed by atoms with Crippen LogP contribution in [0.15, 0.2) is 94.1 Å². The van der Waals surface area contributed by atoms with Gasteiger partial charge < -0.3 is 4.42 Å². The van der Waals surface area contributed by atoms with Gasteiger partial charge in [0.2, 0.25) is 5.43 Å². The molecule has 2 nitrogen and oxygen atoms in total. The molecule has 0 atom stereocenters. The van der Waals surface area contributed by atoms with Gasteiger partial charge in [0.05, 0.1) is 5.56 Å². The van der Waals surface area contributed by atoms with Crippen LogP contribution in [0.2, 0.25) is 0 Å². The first-order valence-corrected chi connectivity index (χ1v) is 9.24. The average Bonchev–Trinajstić information content (AvgIpc) is 3.08. The molecule has 0 unspecified atom stereocenters. The van der Waals surface area contributed by atoms with Crippen molar-refractivity contribution in [1.29, 1.82) is 0 Å². The minimum Gasteiger partial charge on any atom is -0.454 e. The standard InChI is InChI=1S/C23H14O2S/c24-20-19(15-9-3-1-4-10-15)21(16-11-5-2-6-12-16)25-22-17-13-7-8-14-18(17)26-23(20)22/h1-14H. The highest BCUT2D eigenvalue weighted by molar-refractivity contribution is 7.25. The van der Waals surface area contributed by atoms with E-state index in [2.05, 4.69) is 0 Å². The lowest BCUT2D eigenvalue weighted by Crippen LogP contribution is -2.05. The van der Waals surface area contributed by atoms with Gasteiger partial charge in [0.25, 0.3) is 0 Å². The van der Waals surface area contributed by atoms with Gasteiger partial charge >= 0.3 is 0 Å². The summed E-state index contributed by atoms with van der Waals surface area (Å²) in [6, 6.07) is 27.6. The van der Waals surface area contributed by atoms with E-state index in [1.807, 2.05) is 84.9 Å². The highest BCUT2D eigenvalue weighted by Crippen LogP contribution is 2.38. The Kier molecular flexibility index (Phi) is 3.47. The first-order valence-electron chi connectivity index (χ1n) is 8.42. The zero-order chi connectivity index (χ0) is 17.5. The van der Waals surface area contributed by atoms with Crippen molar-refractivity contribution in [1.82, 2.24) is 0 Å². The largest absolute Gasteiger partial charge is 0.454 e. The lowest BCUT2D eigenvalue weighted by molar-refractivity contribution is 0.625. The van der Waals surface area contributed by atoms with Crippen LogP contribution in [0, 0.1) is 0 Å². The van der Waals surface area contributed by atoms with Crippen molar-refractivity contribution in [2.24, 2.45) is 0 Å². The Bertz CT molecular complexity index is 1280. The zero-order valence-electron chi connectivity index (χ0n) is 13.8. The van der Waals surface area contributed by atoms with E-state index in [4.69, 9.17) is 4.42 Å².